The van der Waals surface area contributed by atoms with Gasteiger partial charge in [-0.15, -0.1) is 0 Å². The maximum atomic E-state index is 8.16. The zero-order valence-electron chi connectivity index (χ0n) is 7.77. The van der Waals surface area contributed by atoms with Gasteiger partial charge in [-0.1, -0.05) is 6.92 Å². The van der Waals surface area contributed by atoms with Crippen molar-refractivity contribution in [2.45, 2.75) is 13.0 Å². The van der Waals surface area contributed by atoms with Crippen molar-refractivity contribution in [3.63, 3.8) is 0 Å². The van der Waals surface area contributed by atoms with Crippen LogP contribution < -0.4 is 0 Å². The van der Waals surface area contributed by atoms with Gasteiger partial charge in [-0.25, -0.2) is 0 Å². The number of nitrogens with zero attached hydrogens (tertiary/aromatic N) is 2. The number of ether oxygens (including phenoxy) is 2. The standard InChI is InChI=1S/C9H14N2O2/c1-8(9-6-11-9)7-13-5-4-12-3-2-10/h6,8-9H,3-5,7H2,1H3. The molecule has 0 fully saturated rings. The van der Waals surface area contributed by atoms with Gasteiger partial charge in [0.15, 0.2) is 0 Å². The molecule has 0 saturated heterocycles. The number of hydrogen-bond donors (Lipinski definition) is 0. The summed E-state index contributed by atoms with van der Waals surface area (Å²) in [7, 11) is 0. The van der Waals surface area contributed by atoms with Crippen LogP contribution in [-0.4, -0.2) is 38.7 Å². The van der Waals surface area contributed by atoms with Crippen LogP contribution in [0.3, 0.4) is 0 Å². The van der Waals surface area contributed by atoms with Crippen molar-refractivity contribution < 1.29 is 9.47 Å². The van der Waals surface area contributed by atoms with Crippen LogP contribution in [0.1, 0.15) is 6.92 Å². The van der Waals surface area contributed by atoms with E-state index in [1.54, 1.807) is 0 Å². The molecule has 2 unspecified atom stereocenters. The Morgan fingerprint density at radius 2 is 2.23 bits per heavy atom. The Kier molecular flexibility index (Phi) is 4.44. The molecule has 0 spiro atoms. The van der Waals surface area contributed by atoms with Crippen molar-refractivity contribution in [3.05, 3.63) is 0 Å². The molecular weight excluding hydrogens is 168 g/mol. The van der Waals surface area contributed by atoms with Crippen LogP contribution in [0.4, 0.5) is 0 Å². The molecule has 72 valence electrons. The van der Waals surface area contributed by atoms with Crippen LogP contribution in [0.25, 0.3) is 0 Å². The molecule has 1 heterocycles. The molecule has 4 nitrogen and oxygen atoms in total. The fourth-order valence-electron chi connectivity index (χ4n) is 0.947. The second-order valence-electron chi connectivity index (χ2n) is 3.05. The van der Waals surface area contributed by atoms with Gasteiger partial charge in [0.05, 0.1) is 31.9 Å². The Hall–Kier alpha value is -0.920. The predicted molar refractivity (Wildman–Crippen MR) is 48.7 cm³/mol. The van der Waals surface area contributed by atoms with E-state index in [9.17, 15) is 0 Å². The van der Waals surface area contributed by atoms with Crippen LogP contribution in [0.2, 0.25) is 0 Å². The van der Waals surface area contributed by atoms with Gasteiger partial charge in [0.1, 0.15) is 6.61 Å². The predicted octanol–water partition coefficient (Wildman–Crippen LogP) is 0.632. The lowest BCUT2D eigenvalue weighted by Crippen LogP contribution is -2.15. The fraction of sp³-hybridized carbons (Fsp3) is 0.778. The molecule has 0 saturated carbocycles. The van der Waals surface area contributed by atoms with Crippen molar-refractivity contribution in [2.75, 3.05) is 26.4 Å². The van der Waals surface area contributed by atoms with Gasteiger partial charge < -0.3 is 9.47 Å². The quantitative estimate of drug-likeness (QED) is 0.543. The molecular formula is C9H14N2O2. The van der Waals surface area contributed by atoms with E-state index in [0.717, 1.165) is 0 Å². The molecule has 1 aliphatic rings. The normalized spacial score (nSPS) is 21.1. The van der Waals surface area contributed by atoms with Crippen molar-refractivity contribution in [2.24, 2.45) is 10.9 Å². The first-order valence-electron chi connectivity index (χ1n) is 4.40. The Bertz CT molecular complexity index is 204. The maximum absolute atomic E-state index is 8.16. The van der Waals surface area contributed by atoms with E-state index in [4.69, 9.17) is 14.7 Å². The molecule has 4 heteroatoms. The van der Waals surface area contributed by atoms with Gasteiger partial charge in [-0.2, -0.15) is 5.26 Å². The van der Waals surface area contributed by atoms with Crippen molar-refractivity contribution in [3.8, 4) is 6.07 Å². The molecule has 1 rings (SSSR count). The lowest BCUT2D eigenvalue weighted by atomic mass is 10.1. The summed E-state index contributed by atoms with van der Waals surface area (Å²) in [5.74, 6) is 0.468. The smallest absolute Gasteiger partial charge is 0.133 e. The highest BCUT2D eigenvalue weighted by molar-refractivity contribution is 5.78. The van der Waals surface area contributed by atoms with Gasteiger partial charge in [0.25, 0.3) is 0 Å². The molecule has 13 heavy (non-hydrogen) atoms. The zero-order chi connectivity index (χ0) is 9.52. The fourth-order valence-corrected chi connectivity index (χ4v) is 0.947. The second kappa shape index (κ2) is 5.68. The van der Waals surface area contributed by atoms with Crippen molar-refractivity contribution in [1.82, 2.24) is 0 Å². The van der Waals surface area contributed by atoms with Crippen LogP contribution in [0, 0.1) is 17.2 Å². The Morgan fingerprint density at radius 1 is 1.54 bits per heavy atom. The lowest BCUT2D eigenvalue weighted by molar-refractivity contribution is 0.0460. The lowest BCUT2D eigenvalue weighted by Gasteiger charge is -2.09. The van der Waals surface area contributed by atoms with Crippen LogP contribution in [-0.2, 0) is 9.47 Å². The first-order valence-corrected chi connectivity index (χ1v) is 4.40. The topological polar surface area (TPSA) is 54.6 Å². The molecule has 2 atom stereocenters. The minimum atomic E-state index is 0.144. The molecule has 0 aromatic rings. The maximum Gasteiger partial charge on any atom is 0.133 e. The van der Waals surface area contributed by atoms with E-state index in [1.165, 1.54) is 0 Å². The molecule has 0 aromatic carbocycles. The van der Waals surface area contributed by atoms with Crippen molar-refractivity contribution in [1.29, 1.82) is 5.26 Å². The largest absolute Gasteiger partial charge is 0.379 e. The highest BCUT2D eigenvalue weighted by Gasteiger charge is 2.21. The third-order valence-electron chi connectivity index (χ3n) is 1.82. The Labute approximate surface area is 78.2 Å². The van der Waals surface area contributed by atoms with E-state index in [2.05, 4.69) is 11.9 Å². The minimum absolute atomic E-state index is 0.144. The summed E-state index contributed by atoms with van der Waals surface area (Å²) in [5, 5.41) is 8.16. The van der Waals surface area contributed by atoms with E-state index < -0.39 is 0 Å². The zero-order valence-corrected chi connectivity index (χ0v) is 7.77. The Morgan fingerprint density at radius 3 is 2.85 bits per heavy atom. The highest BCUT2D eigenvalue weighted by atomic mass is 16.5. The van der Waals surface area contributed by atoms with Crippen LogP contribution >= 0.6 is 0 Å². The monoisotopic (exact) mass is 182 g/mol. The summed E-state index contributed by atoms with van der Waals surface area (Å²) in [5.41, 5.74) is 0. The van der Waals surface area contributed by atoms with Gasteiger partial charge in [-0.05, 0) is 0 Å². The summed E-state index contributed by atoms with van der Waals surface area (Å²) in [6.45, 7) is 4.00. The van der Waals surface area contributed by atoms with Gasteiger partial charge in [-0.3, -0.25) is 4.99 Å². The average Bonchev–Trinajstić information content (AvgIpc) is 2.93. The number of aliphatic imine (C=N–C) groups is 1. The molecule has 0 bridgehead atoms. The van der Waals surface area contributed by atoms with E-state index in [1.807, 2.05) is 12.3 Å². The van der Waals surface area contributed by atoms with E-state index >= 15 is 0 Å². The number of hydrogen-bond acceptors (Lipinski definition) is 4. The molecule has 0 amide bonds. The van der Waals surface area contributed by atoms with Gasteiger partial charge in [0, 0.05) is 12.1 Å². The van der Waals surface area contributed by atoms with E-state index in [0.29, 0.717) is 31.8 Å². The summed E-state index contributed by atoms with van der Waals surface area (Å²) in [6, 6.07) is 2.30. The molecule has 0 radical (unpaired) electrons. The molecule has 0 aromatic heterocycles. The Balaban J connectivity index is 1.81. The summed E-state index contributed by atoms with van der Waals surface area (Å²) >= 11 is 0. The first kappa shape index (κ1) is 10.2. The summed E-state index contributed by atoms with van der Waals surface area (Å²) in [6.07, 6.45) is 1.93. The SMILES string of the molecule is CC(COCCOCC#N)C1C=N1. The summed E-state index contributed by atoms with van der Waals surface area (Å²) in [4.78, 5) is 4.05. The molecule has 0 aliphatic carbocycles. The minimum Gasteiger partial charge on any atom is -0.379 e. The number of nitriles is 1. The van der Waals surface area contributed by atoms with E-state index in [-0.39, 0.29) is 6.61 Å². The molecule has 0 N–H and O–H groups in total. The number of rotatable bonds is 7. The van der Waals surface area contributed by atoms with Crippen molar-refractivity contribution >= 4 is 6.21 Å². The highest BCUT2D eigenvalue weighted by Crippen LogP contribution is 2.13. The molecule has 1 aliphatic heterocycles. The van der Waals surface area contributed by atoms with Crippen LogP contribution in [0.5, 0.6) is 0 Å². The second-order valence-corrected chi connectivity index (χ2v) is 3.05. The van der Waals surface area contributed by atoms with Gasteiger partial charge >= 0.3 is 0 Å². The average molecular weight is 182 g/mol. The summed E-state index contributed by atoms with van der Waals surface area (Å²) < 4.78 is 10.3. The third-order valence-corrected chi connectivity index (χ3v) is 1.82. The van der Waals surface area contributed by atoms with Gasteiger partial charge in [0.2, 0.25) is 0 Å². The first-order chi connectivity index (χ1) is 6.34. The van der Waals surface area contributed by atoms with Crippen LogP contribution in [0.15, 0.2) is 4.99 Å². The third kappa shape index (κ3) is 4.61.